The third-order valence-electron chi connectivity index (χ3n) is 4.50. The number of nitrogens with zero attached hydrogens (tertiary/aromatic N) is 2. The molecule has 0 atom stereocenters. The fraction of sp³-hybridized carbons (Fsp3) is 0.846. The molecule has 18 heavy (non-hydrogen) atoms. The third kappa shape index (κ3) is 1.95. The van der Waals surface area contributed by atoms with Crippen LogP contribution >= 0.6 is 0 Å². The Labute approximate surface area is 107 Å². The van der Waals surface area contributed by atoms with Gasteiger partial charge >= 0.3 is 0 Å². The number of carbonyl (C=O) groups is 2. The van der Waals surface area contributed by atoms with E-state index in [0.717, 1.165) is 38.8 Å². The number of imide groups is 1. The lowest BCUT2D eigenvalue weighted by Gasteiger charge is -2.30. The van der Waals surface area contributed by atoms with Gasteiger partial charge in [-0.15, -0.1) is 0 Å². The molecule has 100 valence electrons. The van der Waals surface area contributed by atoms with Crippen LogP contribution in [0.2, 0.25) is 0 Å². The van der Waals surface area contributed by atoms with Crippen molar-refractivity contribution in [3.05, 3.63) is 0 Å². The molecule has 5 heteroatoms. The van der Waals surface area contributed by atoms with Crippen LogP contribution in [0.1, 0.15) is 32.1 Å². The summed E-state index contributed by atoms with van der Waals surface area (Å²) in [6.07, 6.45) is 4.42. The molecule has 0 aromatic carbocycles. The second kappa shape index (κ2) is 4.63. The minimum Gasteiger partial charge on any atom is -0.379 e. The molecule has 2 aliphatic heterocycles. The Hall–Kier alpha value is -0.940. The van der Waals surface area contributed by atoms with E-state index in [1.807, 2.05) is 0 Å². The van der Waals surface area contributed by atoms with Crippen LogP contribution in [-0.4, -0.2) is 54.6 Å². The summed E-state index contributed by atoms with van der Waals surface area (Å²) in [7, 11) is 0. The summed E-state index contributed by atoms with van der Waals surface area (Å²) < 4.78 is 5.28. The third-order valence-corrected chi connectivity index (χ3v) is 4.50. The van der Waals surface area contributed by atoms with Crippen LogP contribution < -0.4 is 0 Å². The van der Waals surface area contributed by atoms with Crippen LogP contribution in [0.3, 0.4) is 0 Å². The van der Waals surface area contributed by atoms with E-state index in [1.165, 1.54) is 4.90 Å². The Morgan fingerprint density at radius 3 is 2.44 bits per heavy atom. The standard InChI is InChI=1S/C13H20N2O3/c16-11-9-13(3-1-2-4-13)12(17)15(11)10-14-5-7-18-8-6-14/h1-10H2. The second-order valence-corrected chi connectivity index (χ2v) is 5.66. The molecule has 0 radical (unpaired) electrons. The van der Waals surface area contributed by atoms with Gasteiger partial charge in [-0.3, -0.25) is 19.4 Å². The zero-order chi connectivity index (χ0) is 12.6. The van der Waals surface area contributed by atoms with E-state index in [4.69, 9.17) is 4.74 Å². The van der Waals surface area contributed by atoms with E-state index < -0.39 is 0 Å². The largest absolute Gasteiger partial charge is 0.379 e. The van der Waals surface area contributed by atoms with Crippen LogP contribution in [0, 0.1) is 5.41 Å². The highest BCUT2D eigenvalue weighted by Crippen LogP contribution is 2.46. The number of hydrogen-bond acceptors (Lipinski definition) is 4. The molecule has 0 unspecified atom stereocenters. The number of morpholine rings is 1. The van der Waals surface area contributed by atoms with E-state index in [0.29, 0.717) is 26.3 Å². The van der Waals surface area contributed by atoms with E-state index >= 15 is 0 Å². The van der Waals surface area contributed by atoms with E-state index in [9.17, 15) is 9.59 Å². The Bertz CT molecular complexity index is 357. The van der Waals surface area contributed by atoms with Gasteiger partial charge in [0, 0.05) is 19.5 Å². The quantitative estimate of drug-likeness (QED) is 0.675. The Kier molecular flexibility index (Phi) is 3.11. The molecule has 3 rings (SSSR count). The number of hydrogen-bond donors (Lipinski definition) is 0. The SMILES string of the molecule is O=C1CC2(CCCC2)C(=O)N1CN1CCOCC1. The van der Waals surface area contributed by atoms with Gasteiger partial charge < -0.3 is 4.74 Å². The van der Waals surface area contributed by atoms with Crippen molar-refractivity contribution in [2.24, 2.45) is 5.41 Å². The van der Waals surface area contributed by atoms with Crippen molar-refractivity contribution in [1.29, 1.82) is 0 Å². The van der Waals surface area contributed by atoms with Crippen molar-refractivity contribution in [2.45, 2.75) is 32.1 Å². The number of amides is 2. The molecule has 0 bridgehead atoms. The summed E-state index contributed by atoms with van der Waals surface area (Å²) in [5, 5.41) is 0. The predicted octanol–water partition coefficient (Wildman–Crippen LogP) is 0.595. The van der Waals surface area contributed by atoms with Gasteiger partial charge in [-0.05, 0) is 12.8 Å². The highest BCUT2D eigenvalue weighted by atomic mass is 16.5. The summed E-state index contributed by atoms with van der Waals surface area (Å²) in [6, 6.07) is 0. The molecule has 2 amide bonds. The summed E-state index contributed by atoms with van der Waals surface area (Å²) in [6.45, 7) is 3.47. The molecule has 0 aromatic rings. The minimum absolute atomic E-state index is 0.0217. The highest BCUT2D eigenvalue weighted by Gasteiger charge is 2.52. The number of likely N-dealkylation sites (tertiary alicyclic amines) is 1. The smallest absolute Gasteiger partial charge is 0.237 e. The van der Waals surface area contributed by atoms with Crippen molar-refractivity contribution in [3.63, 3.8) is 0 Å². The van der Waals surface area contributed by atoms with Crippen LogP contribution in [-0.2, 0) is 14.3 Å². The molecule has 1 spiro atoms. The van der Waals surface area contributed by atoms with Gasteiger partial charge in [0.15, 0.2) is 0 Å². The van der Waals surface area contributed by atoms with Crippen molar-refractivity contribution >= 4 is 11.8 Å². The molecule has 3 fully saturated rings. The molecule has 3 aliphatic rings. The summed E-state index contributed by atoms with van der Waals surface area (Å²) >= 11 is 0. The summed E-state index contributed by atoms with van der Waals surface area (Å²) in [4.78, 5) is 28.1. The molecule has 1 aliphatic carbocycles. The number of carbonyl (C=O) groups excluding carboxylic acids is 2. The average Bonchev–Trinajstić information content (AvgIpc) is 2.93. The zero-order valence-corrected chi connectivity index (χ0v) is 10.7. The zero-order valence-electron chi connectivity index (χ0n) is 10.7. The van der Waals surface area contributed by atoms with Crippen LogP contribution in [0.25, 0.3) is 0 Å². The number of rotatable bonds is 2. The first kappa shape index (κ1) is 12.1. The normalized spacial score (nSPS) is 28.6. The Morgan fingerprint density at radius 1 is 1.11 bits per heavy atom. The van der Waals surface area contributed by atoms with Crippen molar-refractivity contribution in [3.8, 4) is 0 Å². The van der Waals surface area contributed by atoms with Gasteiger partial charge in [0.05, 0.1) is 25.3 Å². The molecule has 2 saturated heterocycles. The van der Waals surface area contributed by atoms with Gasteiger partial charge in [0.2, 0.25) is 11.8 Å². The van der Waals surface area contributed by atoms with E-state index in [2.05, 4.69) is 4.90 Å². The lowest BCUT2D eigenvalue weighted by atomic mass is 9.85. The monoisotopic (exact) mass is 252 g/mol. The predicted molar refractivity (Wildman–Crippen MR) is 64.6 cm³/mol. The first-order valence-corrected chi connectivity index (χ1v) is 6.86. The second-order valence-electron chi connectivity index (χ2n) is 5.66. The van der Waals surface area contributed by atoms with E-state index in [1.54, 1.807) is 0 Å². The first-order valence-electron chi connectivity index (χ1n) is 6.86. The molecular formula is C13H20N2O3. The Morgan fingerprint density at radius 2 is 1.78 bits per heavy atom. The highest BCUT2D eigenvalue weighted by molar-refractivity contribution is 6.06. The maximum Gasteiger partial charge on any atom is 0.237 e. The van der Waals surface area contributed by atoms with Gasteiger partial charge in [-0.25, -0.2) is 0 Å². The minimum atomic E-state index is -0.330. The van der Waals surface area contributed by atoms with Gasteiger partial charge in [0.25, 0.3) is 0 Å². The van der Waals surface area contributed by atoms with Crippen molar-refractivity contribution in [1.82, 2.24) is 9.80 Å². The maximum atomic E-state index is 12.5. The fourth-order valence-electron chi connectivity index (χ4n) is 3.39. The lowest BCUT2D eigenvalue weighted by Crippen LogP contribution is -2.47. The van der Waals surface area contributed by atoms with E-state index in [-0.39, 0.29) is 17.2 Å². The molecule has 0 N–H and O–H groups in total. The van der Waals surface area contributed by atoms with Crippen LogP contribution in [0.5, 0.6) is 0 Å². The topological polar surface area (TPSA) is 49.9 Å². The molecule has 0 aromatic heterocycles. The first-order chi connectivity index (χ1) is 8.71. The van der Waals surface area contributed by atoms with Crippen LogP contribution in [0.4, 0.5) is 0 Å². The summed E-state index contributed by atoms with van der Waals surface area (Å²) in [5.74, 6) is 0.102. The van der Waals surface area contributed by atoms with Gasteiger partial charge in [-0.2, -0.15) is 0 Å². The molecule has 5 nitrogen and oxygen atoms in total. The van der Waals surface area contributed by atoms with Gasteiger partial charge in [-0.1, -0.05) is 12.8 Å². The molecular weight excluding hydrogens is 232 g/mol. The van der Waals surface area contributed by atoms with Crippen LogP contribution in [0.15, 0.2) is 0 Å². The van der Waals surface area contributed by atoms with Gasteiger partial charge in [0.1, 0.15) is 0 Å². The van der Waals surface area contributed by atoms with Crippen molar-refractivity contribution < 1.29 is 14.3 Å². The fourth-order valence-corrected chi connectivity index (χ4v) is 3.39. The lowest BCUT2D eigenvalue weighted by molar-refractivity contribution is -0.144. The average molecular weight is 252 g/mol. The summed E-state index contributed by atoms with van der Waals surface area (Å²) in [5.41, 5.74) is -0.330. The maximum absolute atomic E-state index is 12.5. The number of ether oxygens (including phenoxy) is 1. The molecule has 2 heterocycles. The Balaban J connectivity index is 1.68. The van der Waals surface area contributed by atoms with Crippen molar-refractivity contribution in [2.75, 3.05) is 33.0 Å². The molecule has 1 saturated carbocycles.